The van der Waals surface area contributed by atoms with E-state index in [9.17, 15) is 13.2 Å². The van der Waals surface area contributed by atoms with Crippen molar-refractivity contribution in [1.29, 1.82) is 0 Å². The normalized spacial score (nSPS) is 12.7. The van der Waals surface area contributed by atoms with Crippen LogP contribution in [-0.2, 0) is 14.8 Å². The lowest BCUT2D eigenvalue weighted by Gasteiger charge is -2.15. The summed E-state index contributed by atoms with van der Waals surface area (Å²) in [6.07, 6.45) is 3.80. The van der Waals surface area contributed by atoms with Crippen LogP contribution in [0.3, 0.4) is 0 Å². The Morgan fingerprint density at radius 3 is 2.24 bits per heavy atom. The number of hydrogen-bond acceptors (Lipinski definition) is 3. The minimum absolute atomic E-state index is 0.0807. The molecule has 1 amide bonds. The average Bonchev–Trinajstić information content (AvgIpc) is 2.58. The number of carbonyl (C=O) groups excluding carboxylic acids is 1. The van der Waals surface area contributed by atoms with Gasteiger partial charge in [0.25, 0.3) is 0 Å². The zero-order valence-corrected chi connectivity index (χ0v) is 15.1. The maximum atomic E-state index is 11.8. The van der Waals surface area contributed by atoms with Crippen LogP contribution >= 0.6 is 0 Å². The van der Waals surface area contributed by atoms with Gasteiger partial charge in [-0.2, -0.15) is 0 Å². The molecule has 0 aliphatic rings. The SMILES string of the molecule is CCCCCC(C(N)=O)c1ccc(-c2ccccc2S(N)(=O)=O)cc1. The topological polar surface area (TPSA) is 103 Å². The van der Waals surface area contributed by atoms with E-state index in [0.717, 1.165) is 36.8 Å². The first-order valence-electron chi connectivity index (χ1n) is 8.36. The van der Waals surface area contributed by atoms with Crippen LogP contribution in [0, 0.1) is 0 Å². The minimum Gasteiger partial charge on any atom is -0.369 e. The molecule has 2 aromatic rings. The molecule has 2 aromatic carbocycles. The molecule has 0 spiro atoms. The van der Waals surface area contributed by atoms with Gasteiger partial charge in [0, 0.05) is 5.56 Å². The molecular weight excluding hydrogens is 336 g/mol. The maximum Gasteiger partial charge on any atom is 0.238 e. The van der Waals surface area contributed by atoms with Crippen molar-refractivity contribution in [2.45, 2.75) is 43.4 Å². The fraction of sp³-hybridized carbons (Fsp3) is 0.316. The third-order valence-electron chi connectivity index (χ3n) is 4.26. The number of hydrogen-bond donors (Lipinski definition) is 2. The molecule has 6 heteroatoms. The highest BCUT2D eigenvalue weighted by Gasteiger charge is 2.18. The van der Waals surface area contributed by atoms with Gasteiger partial charge in [0.1, 0.15) is 0 Å². The number of primary sulfonamides is 1. The number of carbonyl (C=O) groups is 1. The summed E-state index contributed by atoms with van der Waals surface area (Å²) >= 11 is 0. The Hall–Kier alpha value is -2.18. The van der Waals surface area contributed by atoms with Crippen molar-refractivity contribution in [3.63, 3.8) is 0 Å². The van der Waals surface area contributed by atoms with Gasteiger partial charge in [-0.25, -0.2) is 13.6 Å². The highest BCUT2D eigenvalue weighted by molar-refractivity contribution is 7.89. The third kappa shape index (κ3) is 4.90. The smallest absolute Gasteiger partial charge is 0.238 e. The summed E-state index contributed by atoms with van der Waals surface area (Å²) in [7, 11) is -3.81. The molecule has 4 N–H and O–H groups in total. The first-order chi connectivity index (χ1) is 11.8. The molecule has 0 fully saturated rings. The zero-order valence-electron chi connectivity index (χ0n) is 14.3. The molecule has 1 unspecified atom stereocenters. The van der Waals surface area contributed by atoms with Crippen molar-refractivity contribution in [1.82, 2.24) is 0 Å². The Kier molecular flexibility index (Phi) is 6.33. The summed E-state index contributed by atoms with van der Waals surface area (Å²) in [6.45, 7) is 2.11. The predicted molar refractivity (Wildman–Crippen MR) is 99.3 cm³/mol. The number of amides is 1. The van der Waals surface area contributed by atoms with E-state index in [2.05, 4.69) is 6.92 Å². The average molecular weight is 360 g/mol. The summed E-state index contributed by atoms with van der Waals surface area (Å²) in [6, 6.07) is 13.8. The van der Waals surface area contributed by atoms with Gasteiger partial charge in [-0.05, 0) is 23.6 Å². The molecule has 1 atom stereocenters. The lowest BCUT2D eigenvalue weighted by Crippen LogP contribution is -2.21. The van der Waals surface area contributed by atoms with E-state index in [1.165, 1.54) is 6.07 Å². The number of nitrogens with two attached hydrogens (primary N) is 2. The quantitative estimate of drug-likeness (QED) is 0.707. The van der Waals surface area contributed by atoms with Crippen LogP contribution in [0.1, 0.15) is 44.1 Å². The van der Waals surface area contributed by atoms with Crippen molar-refractivity contribution in [3.8, 4) is 11.1 Å². The minimum atomic E-state index is -3.81. The van der Waals surface area contributed by atoms with Crippen LogP contribution in [0.2, 0.25) is 0 Å². The van der Waals surface area contributed by atoms with Gasteiger partial charge in [-0.15, -0.1) is 0 Å². The van der Waals surface area contributed by atoms with E-state index in [4.69, 9.17) is 10.9 Å². The zero-order chi connectivity index (χ0) is 18.4. The van der Waals surface area contributed by atoms with Gasteiger partial charge < -0.3 is 5.73 Å². The predicted octanol–water partition coefficient (Wildman–Crippen LogP) is 3.15. The van der Waals surface area contributed by atoms with Crippen LogP contribution in [-0.4, -0.2) is 14.3 Å². The first-order valence-corrected chi connectivity index (χ1v) is 9.90. The lowest BCUT2D eigenvalue weighted by molar-refractivity contribution is -0.119. The summed E-state index contributed by atoms with van der Waals surface area (Å²) < 4.78 is 23.5. The fourth-order valence-electron chi connectivity index (χ4n) is 2.92. The Labute approximate surface area is 149 Å². The van der Waals surface area contributed by atoms with E-state index in [0.29, 0.717) is 5.56 Å². The highest BCUT2D eigenvalue weighted by Crippen LogP contribution is 2.29. The van der Waals surface area contributed by atoms with Gasteiger partial charge in [0.2, 0.25) is 15.9 Å². The van der Waals surface area contributed by atoms with Gasteiger partial charge in [0.05, 0.1) is 10.8 Å². The van der Waals surface area contributed by atoms with E-state index in [-0.39, 0.29) is 16.7 Å². The van der Waals surface area contributed by atoms with Crippen LogP contribution < -0.4 is 10.9 Å². The van der Waals surface area contributed by atoms with Crippen LogP contribution in [0.4, 0.5) is 0 Å². The molecule has 0 bridgehead atoms. The molecule has 0 heterocycles. The summed E-state index contributed by atoms with van der Waals surface area (Å²) in [4.78, 5) is 11.8. The number of sulfonamides is 1. The molecule has 0 saturated heterocycles. The van der Waals surface area contributed by atoms with E-state index in [1.54, 1.807) is 30.3 Å². The van der Waals surface area contributed by atoms with Crippen molar-refractivity contribution >= 4 is 15.9 Å². The molecular formula is C19H24N2O3S. The molecule has 5 nitrogen and oxygen atoms in total. The molecule has 134 valence electrons. The molecule has 0 aliphatic heterocycles. The monoisotopic (exact) mass is 360 g/mol. The highest BCUT2D eigenvalue weighted by atomic mass is 32.2. The number of rotatable bonds is 8. The van der Waals surface area contributed by atoms with Gasteiger partial charge in [-0.3, -0.25) is 4.79 Å². The van der Waals surface area contributed by atoms with Crippen molar-refractivity contribution in [2.75, 3.05) is 0 Å². The second-order valence-corrected chi connectivity index (χ2v) is 7.64. The fourth-order valence-corrected chi connectivity index (χ4v) is 3.68. The molecule has 0 saturated carbocycles. The first kappa shape index (κ1) is 19.1. The summed E-state index contributed by atoms with van der Waals surface area (Å²) in [5, 5.41) is 5.29. The van der Waals surface area contributed by atoms with E-state index < -0.39 is 10.0 Å². The van der Waals surface area contributed by atoms with Gasteiger partial charge in [-0.1, -0.05) is 68.7 Å². The van der Waals surface area contributed by atoms with Crippen molar-refractivity contribution in [2.24, 2.45) is 10.9 Å². The van der Waals surface area contributed by atoms with Gasteiger partial charge in [0.15, 0.2) is 0 Å². The number of benzene rings is 2. The third-order valence-corrected chi connectivity index (χ3v) is 5.23. The van der Waals surface area contributed by atoms with Crippen molar-refractivity contribution in [3.05, 3.63) is 54.1 Å². The Balaban J connectivity index is 2.32. The second kappa shape index (κ2) is 8.27. The maximum absolute atomic E-state index is 11.8. The van der Waals surface area contributed by atoms with E-state index >= 15 is 0 Å². The van der Waals surface area contributed by atoms with Gasteiger partial charge >= 0.3 is 0 Å². The second-order valence-electron chi connectivity index (χ2n) is 6.11. The number of unbranched alkanes of at least 4 members (excludes halogenated alkanes) is 2. The summed E-state index contributed by atoms with van der Waals surface area (Å²) in [5.41, 5.74) is 7.66. The van der Waals surface area contributed by atoms with Crippen LogP contribution in [0.15, 0.2) is 53.4 Å². The standard InChI is InChI=1S/C19H24N2O3S/c1-2-3-4-8-17(19(20)22)15-12-10-14(11-13-15)16-7-5-6-9-18(16)25(21,23)24/h5-7,9-13,17H,2-4,8H2,1H3,(H2,20,22)(H2,21,23,24). The Bertz CT molecular complexity index is 830. The molecule has 2 rings (SSSR count). The lowest BCUT2D eigenvalue weighted by atomic mass is 9.91. The molecule has 25 heavy (non-hydrogen) atoms. The molecule has 0 aromatic heterocycles. The Morgan fingerprint density at radius 1 is 1.04 bits per heavy atom. The summed E-state index contributed by atoms with van der Waals surface area (Å²) in [5.74, 6) is -0.664. The molecule has 0 aliphatic carbocycles. The molecule has 0 radical (unpaired) electrons. The van der Waals surface area contributed by atoms with E-state index in [1.807, 2.05) is 12.1 Å². The largest absolute Gasteiger partial charge is 0.369 e. The van der Waals surface area contributed by atoms with Crippen molar-refractivity contribution < 1.29 is 13.2 Å². The number of primary amides is 1. The van der Waals surface area contributed by atoms with Crippen LogP contribution in [0.5, 0.6) is 0 Å². The van der Waals surface area contributed by atoms with Crippen LogP contribution in [0.25, 0.3) is 11.1 Å². The Morgan fingerprint density at radius 2 is 1.68 bits per heavy atom.